The predicted molar refractivity (Wildman–Crippen MR) is 59.2 cm³/mol. The highest BCUT2D eigenvalue weighted by Gasteiger charge is 2.04. The van der Waals surface area contributed by atoms with E-state index in [0.29, 0.717) is 12.5 Å². The van der Waals surface area contributed by atoms with Gasteiger partial charge in [0.15, 0.2) is 0 Å². The lowest BCUT2D eigenvalue weighted by Crippen LogP contribution is -2.10. The zero-order valence-corrected chi connectivity index (χ0v) is 8.27. The van der Waals surface area contributed by atoms with E-state index in [1.54, 1.807) is 0 Å². The fraction of sp³-hybridized carbons (Fsp3) is 0.250. The second-order valence-corrected chi connectivity index (χ2v) is 3.59. The monoisotopic (exact) mass is 186 g/mol. The van der Waals surface area contributed by atoms with Crippen molar-refractivity contribution in [2.24, 2.45) is 5.73 Å². The highest BCUT2D eigenvalue weighted by Crippen LogP contribution is 2.17. The Labute approximate surface area is 83.8 Å². The predicted octanol–water partition coefficient (Wildman–Crippen LogP) is 2.30. The van der Waals surface area contributed by atoms with E-state index >= 15 is 0 Å². The van der Waals surface area contributed by atoms with Crippen molar-refractivity contribution in [3.63, 3.8) is 0 Å². The third-order valence-electron chi connectivity index (χ3n) is 2.51. The molecule has 0 spiro atoms. The third-order valence-corrected chi connectivity index (χ3v) is 2.51. The summed E-state index contributed by atoms with van der Waals surface area (Å²) in [7, 11) is 0. The molecule has 72 valence electrons. The summed E-state index contributed by atoms with van der Waals surface area (Å²) in [5, 5.41) is 2.42. The summed E-state index contributed by atoms with van der Waals surface area (Å²) in [4.78, 5) is 4.40. The number of nitrogens with zero attached hydrogens (tertiary/aromatic N) is 1. The van der Waals surface area contributed by atoms with Gasteiger partial charge < -0.3 is 5.73 Å². The SMILES string of the molecule is CC(CN)c1cc2ccccc2cn1. The topological polar surface area (TPSA) is 38.9 Å². The molecule has 1 unspecified atom stereocenters. The molecule has 2 aromatic rings. The van der Waals surface area contributed by atoms with Crippen molar-refractivity contribution in [2.75, 3.05) is 6.54 Å². The Morgan fingerprint density at radius 2 is 2.00 bits per heavy atom. The Balaban J connectivity index is 2.51. The van der Waals surface area contributed by atoms with Gasteiger partial charge in [-0.2, -0.15) is 0 Å². The van der Waals surface area contributed by atoms with Gasteiger partial charge in [0.25, 0.3) is 0 Å². The second-order valence-electron chi connectivity index (χ2n) is 3.59. The molecule has 1 atom stereocenters. The van der Waals surface area contributed by atoms with Crippen LogP contribution in [0.4, 0.5) is 0 Å². The van der Waals surface area contributed by atoms with Crippen molar-refractivity contribution in [1.29, 1.82) is 0 Å². The molecule has 0 saturated heterocycles. The van der Waals surface area contributed by atoms with E-state index in [0.717, 1.165) is 5.69 Å². The molecule has 0 aliphatic heterocycles. The number of nitrogens with two attached hydrogens (primary N) is 1. The Kier molecular flexibility index (Phi) is 2.46. The van der Waals surface area contributed by atoms with Gasteiger partial charge in [-0.05, 0) is 11.5 Å². The molecule has 2 N–H and O–H groups in total. The number of rotatable bonds is 2. The molecule has 0 radical (unpaired) electrons. The number of hydrogen-bond donors (Lipinski definition) is 1. The summed E-state index contributed by atoms with van der Waals surface area (Å²) in [6.07, 6.45) is 1.91. The average Bonchev–Trinajstić information content (AvgIpc) is 2.27. The molecule has 2 nitrogen and oxygen atoms in total. The van der Waals surface area contributed by atoms with Crippen LogP contribution in [0.15, 0.2) is 36.5 Å². The van der Waals surface area contributed by atoms with E-state index in [1.807, 2.05) is 18.3 Å². The summed E-state index contributed by atoms with van der Waals surface area (Å²) in [5.74, 6) is 0.333. The maximum absolute atomic E-state index is 5.61. The van der Waals surface area contributed by atoms with E-state index < -0.39 is 0 Å². The summed E-state index contributed by atoms with van der Waals surface area (Å²) < 4.78 is 0. The number of benzene rings is 1. The molecule has 0 fully saturated rings. The average molecular weight is 186 g/mol. The molecule has 2 heteroatoms. The van der Waals surface area contributed by atoms with Gasteiger partial charge >= 0.3 is 0 Å². The number of fused-ring (bicyclic) bond motifs is 1. The molecule has 0 amide bonds. The summed E-state index contributed by atoms with van der Waals surface area (Å²) in [6.45, 7) is 2.74. The lowest BCUT2D eigenvalue weighted by Gasteiger charge is -2.08. The lowest BCUT2D eigenvalue weighted by atomic mass is 10.0. The minimum Gasteiger partial charge on any atom is -0.330 e. The van der Waals surface area contributed by atoms with Gasteiger partial charge in [-0.25, -0.2) is 0 Å². The van der Waals surface area contributed by atoms with Gasteiger partial charge in [0.2, 0.25) is 0 Å². The van der Waals surface area contributed by atoms with Crippen molar-refractivity contribution >= 4 is 10.8 Å². The summed E-state index contributed by atoms with van der Waals surface area (Å²) >= 11 is 0. The van der Waals surface area contributed by atoms with Gasteiger partial charge in [0, 0.05) is 29.7 Å². The van der Waals surface area contributed by atoms with Crippen LogP contribution in [0.2, 0.25) is 0 Å². The Morgan fingerprint density at radius 1 is 1.29 bits per heavy atom. The minimum atomic E-state index is 0.333. The third kappa shape index (κ3) is 1.61. The van der Waals surface area contributed by atoms with Gasteiger partial charge in [-0.15, -0.1) is 0 Å². The molecular weight excluding hydrogens is 172 g/mol. The zero-order chi connectivity index (χ0) is 9.97. The highest BCUT2D eigenvalue weighted by molar-refractivity contribution is 5.81. The minimum absolute atomic E-state index is 0.333. The van der Waals surface area contributed by atoms with Crippen molar-refractivity contribution in [3.05, 3.63) is 42.2 Å². The summed E-state index contributed by atoms with van der Waals surface area (Å²) in [6, 6.07) is 10.4. The number of hydrogen-bond acceptors (Lipinski definition) is 2. The van der Waals surface area contributed by atoms with Crippen LogP contribution in [0.3, 0.4) is 0 Å². The van der Waals surface area contributed by atoms with Gasteiger partial charge in [-0.3, -0.25) is 4.98 Å². The molecule has 0 aliphatic carbocycles. The van der Waals surface area contributed by atoms with E-state index in [9.17, 15) is 0 Å². The number of aromatic nitrogens is 1. The Bertz CT molecular complexity index is 437. The van der Waals surface area contributed by atoms with Gasteiger partial charge in [0.05, 0.1) is 0 Å². The van der Waals surface area contributed by atoms with Crippen LogP contribution in [0.5, 0.6) is 0 Å². The van der Waals surface area contributed by atoms with E-state index in [1.165, 1.54) is 10.8 Å². The molecule has 0 aliphatic rings. The molecule has 1 aromatic carbocycles. The lowest BCUT2D eigenvalue weighted by molar-refractivity contribution is 0.747. The zero-order valence-electron chi connectivity index (χ0n) is 8.27. The standard InChI is InChI=1S/C12H14N2/c1-9(7-13)12-6-10-4-2-3-5-11(10)8-14-12/h2-6,8-9H,7,13H2,1H3. The van der Waals surface area contributed by atoms with Crippen LogP contribution >= 0.6 is 0 Å². The first kappa shape index (κ1) is 9.16. The van der Waals surface area contributed by atoms with Crippen LogP contribution in [-0.4, -0.2) is 11.5 Å². The summed E-state index contributed by atoms with van der Waals surface area (Å²) in [5.41, 5.74) is 6.68. The smallest absolute Gasteiger partial charge is 0.0450 e. The highest BCUT2D eigenvalue weighted by atomic mass is 14.7. The van der Waals surface area contributed by atoms with Gasteiger partial charge in [0.1, 0.15) is 0 Å². The molecule has 0 bridgehead atoms. The molecule has 14 heavy (non-hydrogen) atoms. The Morgan fingerprint density at radius 3 is 2.71 bits per heavy atom. The fourth-order valence-electron chi connectivity index (χ4n) is 1.49. The molecule has 1 aromatic heterocycles. The van der Waals surface area contributed by atoms with Crippen molar-refractivity contribution in [1.82, 2.24) is 4.98 Å². The molecule has 0 saturated carbocycles. The maximum atomic E-state index is 5.61. The first-order chi connectivity index (χ1) is 6.81. The maximum Gasteiger partial charge on any atom is 0.0450 e. The van der Waals surface area contributed by atoms with Crippen LogP contribution in [0, 0.1) is 0 Å². The largest absolute Gasteiger partial charge is 0.330 e. The van der Waals surface area contributed by atoms with E-state index in [2.05, 4.69) is 30.1 Å². The Hall–Kier alpha value is -1.41. The first-order valence-electron chi connectivity index (χ1n) is 4.86. The van der Waals surface area contributed by atoms with Gasteiger partial charge in [-0.1, -0.05) is 31.2 Å². The van der Waals surface area contributed by atoms with Crippen LogP contribution in [-0.2, 0) is 0 Å². The molecule has 1 heterocycles. The second kappa shape index (κ2) is 3.76. The van der Waals surface area contributed by atoms with Crippen molar-refractivity contribution in [3.8, 4) is 0 Å². The van der Waals surface area contributed by atoms with E-state index in [4.69, 9.17) is 5.73 Å². The quantitative estimate of drug-likeness (QED) is 0.781. The van der Waals surface area contributed by atoms with E-state index in [-0.39, 0.29) is 0 Å². The van der Waals surface area contributed by atoms with Crippen LogP contribution in [0.25, 0.3) is 10.8 Å². The van der Waals surface area contributed by atoms with Crippen LogP contribution < -0.4 is 5.73 Å². The molecule has 2 rings (SSSR count). The van der Waals surface area contributed by atoms with Crippen LogP contribution in [0.1, 0.15) is 18.5 Å². The van der Waals surface area contributed by atoms with Crippen molar-refractivity contribution in [2.45, 2.75) is 12.8 Å². The molecular formula is C12H14N2. The number of pyridine rings is 1. The van der Waals surface area contributed by atoms with Crippen molar-refractivity contribution < 1.29 is 0 Å². The normalized spacial score (nSPS) is 13.0. The fourth-order valence-corrected chi connectivity index (χ4v) is 1.49. The first-order valence-corrected chi connectivity index (χ1v) is 4.86.